The van der Waals surface area contributed by atoms with Crippen LogP contribution in [0.5, 0.6) is 0 Å². The first-order valence-corrected chi connectivity index (χ1v) is 6.16. The number of fused-ring (bicyclic) bond motifs is 1. The van der Waals surface area contributed by atoms with Crippen molar-refractivity contribution in [2.24, 2.45) is 22.7 Å². The molecule has 1 fully saturated rings. The number of carbonyl (C=O) groups excluding carboxylic acids is 1. The third kappa shape index (κ3) is 1.47. The molecule has 0 amide bonds. The van der Waals surface area contributed by atoms with Crippen molar-refractivity contribution >= 4 is 6.29 Å². The van der Waals surface area contributed by atoms with Gasteiger partial charge in [0.25, 0.3) is 0 Å². The smallest absolute Gasteiger partial charge is 0.120 e. The lowest BCUT2D eigenvalue weighted by Crippen LogP contribution is -2.23. The molecule has 0 saturated heterocycles. The molecule has 1 nitrogen and oxygen atoms in total. The second kappa shape index (κ2) is 3.47. The van der Waals surface area contributed by atoms with Gasteiger partial charge in [0, 0.05) is 6.42 Å². The van der Waals surface area contributed by atoms with Crippen molar-refractivity contribution in [1.82, 2.24) is 0 Å². The van der Waals surface area contributed by atoms with Crippen molar-refractivity contribution in [3.63, 3.8) is 0 Å². The standard InChI is InChI=1S/C14H22O/c1-4-11-12-6-5-7-14(12,8-9-15)10-13(11,2)3/h5-6,9,11-12H,4,7-8,10H2,1-3H3/t11-,12+,14+/m1/s1. The van der Waals surface area contributed by atoms with Crippen LogP contribution in [0.1, 0.15) is 46.5 Å². The van der Waals surface area contributed by atoms with Gasteiger partial charge in [-0.15, -0.1) is 0 Å². The van der Waals surface area contributed by atoms with Crippen LogP contribution in [0.15, 0.2) is 12.2 Å². The van der Waals surface area contributed by atoms with Crippen LogP contribution in [0.25, 0.3) is 0 Å². The molecule has 2 aliphatic carbocycles. The van der Waals surface area contributed by atoms with Gasteiger partial charge in [0.15, 0.2) is 0 Å². The molecule has 2 aliphatic rings. The first-order chi connectivity index (χ1) is 7.06. The van der Waals surface area contributed by atoms with E-state index in [4.69, 9.17) is 0 Å². The number of rotatable bonds is 3. The highest BCUT2D eigenvalue weighted by Gasteiger charge is 2.55. The average molecular weight is 206 g/mol. The van der Waals surface area contributed by atoms with Crippen molar-refractivity contribution in [2.75, 3.05) is 0 Å². The summed E-state index contributed by atoms with van der Waals surface area (Å²) < 4.78 is 0. The van der Waals surface area contributed by atoms with E-state index in [1.165, 1.54) is 12.8 Å². The minimum absolute atomic E-state index is 0.284. The lowest BCUT2D eigenvalue weighted by atomic mass is 9.75. The molecule has 0 aromatic heterocycles. The monoisotopic (exact) mass is 206 g/mol. The molecule has 84 valence electrons. The molecule has 0 aliphatic heterocycles. The molecule has 0 bridgehead atoms. The number of carbonyl (C=O) groups is 1. The molecule has 0 aromatic rings. The Balaban J connectivity index is 2.32. The van der Waals surface area contributed by atoms with Gasteiger partial charge >= 0.3 is 0 Å². The lowest BCUT2D eigenvalue weighted by molar-refractivity contribution is -0.110. The second-order valence-corrected chi connectivity index (χ2v) is 6.07. The Labute approximate surface area is 92.9 Å². The highest BCUT2D eigenvalue weighted by atomic mass is 16.1. The third-order valence-electron chi connectivity index (χ3n) is 4.75. The van der Waals surface area contributed by atoms with E-state index in [9.17, 15) is 4.79 Å². The Kier molecular flexibility index (Phi) is 2.52. The Morgan fingerprint density at radius 1 is 1.47 bits per heavy atom. The first kappa shape index (κ1) is 10.9. The number of aldehydes is 1. The maximum atomic E-state index is 10.9. The van der Waals surface area contributed by atoms with Crippen LogP contribution in [0, 0.1) is 22.7 Å². The van der Waals surface area contributed by atoms with Crippen molar-refractivity contribution in [2.45, 2.75) is 46.5 Å². The number of allylic oxidation sites excluding steroid dienone is 2. The van der Waals surface area contributed by atoms with Gasteiger partial charge in [-0.3, -0.25) is 0 Å². The summed E-state index contributed by atoms with van der Waals surface area (Å²) in [6.07, 6.45) is 10.1. The van der Waals surface area contributed by atoms with Gasteiger partial charge in [-0.1, -0.05) is 39.3 Å². The molecule has 0 N–H and O–H groups in total. The molecule has 0 aromatic carbocycles. The third-order valence-corrected chi connectivity index (χ3v) is 4.75. The molecule has 0 radical (unpaired) electrons. The van der Waals surface area contributed by atoms with Crippen LogP contribution in [0.2, 0.25) is 0 Å². The molecular formula is C14H22O. The molecular weight excluding hydrogens is 184 g/mol. The van der Waals surface area contributed by atoms with Gasteiger partial charge in [-0.2, -0.15) is 0 Å². The van der Waals surface area contributed by atoms with E-state index < -0.39 is 0 Å². The van der Waals surface area contributed by atoms with Gasteiger partial charge in [0.1, 0.15) is 6.29 Å². The van der Waals surface area contributed by atoms with Crippen LogP contribution >= 0.6 is 0 Å². The predicted molar refractivity (Wildman–Crippen MR) is 62.5 cm³/mol. The fourth-order valence-electron chi connectivity index (χ4n) is 4.33. The summed E-state index contributed by atoms with van der Waals surface area (Å²) in [7, 11) is 0. The van der Waals surface area contributed by atoms with Gasteiger partial charge < -0.3 is 4.79 Å². The molecule has 1 saturated carbocycles. The van der Waals surface area contributed by atoms with Gasteiger partial charge in [0.2, 0.25) is 0 Å². The van der Waals surface area contributed by atoms with Gasteiger partial charge in [-0.05, 0) is 35.5 Å². The summed E-state index contributed by atoms with van der Waals surface area (Å²) in [5.74, 6) is 1.42. The Bertz CT molecular complexity index is 290. The normalized spacial score (nSPS) is 41.8. The Morgan fingerprint density at radius 2 is 2.20 bits per heavy atom. The Hall–Kier alpha value is -0.590. The summed E-state index contributed by atoms with van der Waals surface area (Å²) >= 11 is 0. The fraction of sp³-hybridized carbons (Fsp3) is 0.786. The first-order valence-electron chi connectivity index (χ1n) is 6.16. The molecule has 2 rings (SSSR count). The van der Waals surface area contributed by atoms with Gasteiger partial charge in [0.05, 0.1) is 0 Å². The van der Waals surface area contributed by atoms with Crippen LogP contribution in [-0.2, 0) is 4.79 Å². The van der Waals surface area contributed by atoms with Crippen molar-refractivity contribution in [1.29, 1.82) is 0 Å². The molecule has 0 spiro atoms. The van der Waals surface area contributed by atoms with Crippen molar-refractivity contribution in [3.05, 3.63) is 12.2 Å². The molecule has 3 atom stereocenters. The average Bonchev–Trinajstić information content (AvgIpc) is 2.57. The SMILES string of the molecule is CC[C@@H]1[C@@H]2C=CC[C@]2(CC=O)CC1(C)C. The van der Waals surface area contributed by atoms with Crippen molar-refractivity contribution < 1.29 is 4.79 Å². The van der Waals surface area contributed by atoms with E-state index in [1.54, 1.807) is 0 Å². The zero-order valence-electron chi connectivity index (χ0n) is 10.1. The summed E-state index contributed by atoms with van der Waals surface area (Å²) in [6.45, 7) is 7.04. The highest BCUT2D eigenvalue weighted by molar-refractivity contribution is 5.52. The van der Waals surface area contributed by atoms with Crippen molar-refractivity contribution in [3.8, 4) is 0 Å². The summed E-state index contributed by atoms with van der Waals surface area (Å²) in [6, 6.07) is 0. The minimum atomic E-state index is 0.284. The van der Waals surface area contributed by atoms with Crippen LogP contribution in [-0.4, -0.2) is 6.29 Å². The van der Waals surface area contributed by atoms with Crippen LogP contribution in [0.3, 0.4) is 0 Å². The largest absolute Gasteiger partial charge is 0.303 e. The van der Waals surface area contributed by atoms with E-state index in [-0.39, 0.29) is 5.41 Å². The number of hydrogen-bond acceptors (Lipinski definition) is 1. The minimum Gasteiger partial charge on any atom is -0.303 e. The summed E-state index contributed by atoms with van der Waals surface area (Å²) in [5, 5.41) is 0. The molecule has 0 unspecified atom stereocenters. The fourth-order valence-corrected chi connectivity index (χ4v) is 4.33. The maximum Gasteiger partial charge on any atom is 0.120 e. The van der Waals surface area contributed by atoms with E-state index in [0.29, 0.717) is 11.3 Å². The Morgan fingerprint density at radius 3 is 2.80 bits per heavy atom. The van der Waals surface area contributed by atoms with E-state index >= 15 is 0 Å². The zero-order chi connectivity index (χ0) is 11.1. The topological polar surface area (TPSA) is 17.1 Å². The zero-order valence-corrected chi connectivity index (χ0v) is 10.1. The highest BCUT2D eigenvalue weighted by Crippen LogP contribution is 2.63. The molecule has 1 heteroatoms. The summed E-state index contributed by atoms with van der Waals surface area (Å²) in [4.78, 5) is 10.9. The van der Waals surface area contributed by atoms with Crippen LogP contribution in [0.4, 0.5) is 0 Å². The maximum absolute atomic E-state index is 10.9. The van der Waals surface area contributed by atoms with E-state index in [0.717, 1.165) is 25.0 Å². The quantitative estimate of drug-likeness (QED) is 0.509. The van der Waals surface area contributed by atoms with Crippen LogP contribution < -0.4 is 0 Å². The van der Waals surface area contributed by atoms with E-state index in [2.05, 4.69) is 32.9 Å². The summed E-state index contributed by atoms with van der Waals surface area (Å²) in [5.41, 5.74) is 0.694. The lowest BCUT2D eigenvalue weighted by Gasteiger charge is -2.29. The predicted octanol–water partition coefficient (Wildman–Crippen LogP) is 3.59. The second-order valence-electron chi connectivity index (χ2n) is 6.07. The molecule has 15 heavy (non-hydrogen) atoms. The van der Waals surface area contributed by atoms with E-state index in [1.807, 2.05) is 0 Å². The molecule has 0 heterocycles. The number of hydrogen-bond donors (Lipinski definition) is 0. The van der Waals surface area contributed by atoms with Gasteiger partial charge in [-0.25, -0.2) is 0 Å².